The summed E-state index contributed by atoms with van der Waals surface area (Å²) in [6.45, 7) is 5.72. The lowest BCUT2D eigenvalue weighted by atomic mass is 10.8. The topological polar surface area (TPSA) is 33.6 Å². The molecule has 0 aromatic heterocycles. The van der Waals surface area contributed by atoms with Crippen molar-refractivity contribution in [2.45, 2.75) is 6.92 Å². The molecule has 0 spiro atoms. The highest BCUT2D eigenvalue weighted by atomic mass is 16.8. The fourth-order valence-corrected chi connectivity index (χ4v) is 0.110. The Morgan fingerprint density at radius 2 is 2.67 bits per heavy atom. The van der Waals surface area contributed by atoms with Crippen LogP contribution < -0.4 is 5.48 Å². The standard InChI is InChI=1S/C3H8N2O/c1-3-5-6-4-2/h5H,2-3H2,1H3. The second-order valence-electron chi connectivity index (χ2n) is 0.718. The molecule has 0 saturated heterocycles. The van der Waals surface area contributed by atoms with Crippen molar-refractivity contribution in [2.75, 3.05) is 6.54 Å². The van der Waals surface area contributed by atoms with Gasteiger partial charge < -0.3 is 4.94 Å². The first-order valence-corrected chi connectivity index (χ1v) is 1.76. The molecule has 36 valence electrons. The van der Waals surface area contributed by atoms with Crippen molar-refractivity contribution < 1.29 is 4.94 Å². The predicted octanol–water partition coefficient (Wildman–Crippen LogP) is 0.143. The summed E-state index contributed by atoms with van der Waals surface area (Å²) in [6, 6.07) is 0. The molecule has 0 aromatic rings. The van der Waals surface area contributed by atoms with E-state index in [1.807, 2.05) is 6.92 Å². The Balaban J connectivity index is 2.49. The monoisotopic (exact) mass is 88.1 g/mol. The van der Waals surface area contributed by atoms with E-state index in [9.17, 15) is 0 Å². The molecular weight excluding hydrogens is 80.0 g/mol. The molecule has 0 bridgehead atoms. The van der Waals surface area contributed by atoms with Crippen molar-refractivity contribution in [3.8, 4) is 0 Å². The van der Waals surface area contributed by atoms with E-state index in [1.54, 1.807) is 0 Å². The van der Waals surface area contributed by atoms with Gasteiger partial charge in [-0.1, -0.05) is 5.16 Å². The van der Waals surface area contributed by atoms with E-state index in [1.165, 1.54) is 0 Å². The highest BCUT2D eigenvalue weighted by Crippen LogP contribution is 1.57. The smallest absolute Gasteiger partial charge is 0.0325 e. The van der Waals surface area contributed by atoms with Crippen LogP contribution in [0.1, 0.15) is 6.92 Å². The zero-order valence-electron chi connectivity index (χ0n) is 3.77. The third-order valence-electron chi connectivity index (χ3n) is 0.273. The van der Waals surface area contributed by atoms with Crippen molar-refractivity contribution in [1.29, 1.82) is 0 Å². The zero-order valence-corrected chi connectivity index (χ0v) is 3.77. The van der Waals surface area contributed by atoms with Crippen LogP contribution in [0.15, 0.2) is 5.16 Å². The molecule has 3 heteroatoms. The van der Waals surface area contributed by atoms with Gasteiger partial charge in [0.1, 0.15) is 0 Å². The second kappa shape index (κ2) is 4.43. The summed E-state index contributed by atoms with van der Waals surface area (Å²) in [5.41, 5.74) is 2.47. The lowest BCUT2D eigenvalue weighted by molar-refractivity contribution is 0.0525. The van der Waals surface area contributed by atoms with Gasteiger partial charge >= 0.3 is 0 Å². The quantitative estimate of drug-likeness (QED) is 0.302. The molecule has 0 saturated carbocycles. The molecule has 6 heavy (non-hydrogen) atoms. The third-order valence-corrected chi connectivity index (χ3v) is 0.273. The van der Waals surface area contributed by atoms with Crippen molar-refractivity contribution in [3.63, 3.8) is 0 Å². The SMILES string of the molecule is C=NONCC. The van der Waals surface area contributed by atoms with E-state index in [-0.39, 0.29) is 0 Å². The molecule has 0 radical (unpaired) electrons. The Kier molecular flexibility index (Phi) is 4.01. The van der Waals surface area contributed by atoms with E-state index in [0.29, 0.717) is 0 Å². The Morgan fingerprint density at radius 1 is 2.00 bits per heavy atom. The van der Waals surface area contributed by atoms with Gasteiger partial charge in [-0.3, -0.25) is 0 Å². The Morgan fingerprint density at radius 3 is 2.83 bits per heavy atom. The van der Waals surface area contributed by atoms with Crippen molar-refractivity contribution in [3.05, 3.63) is 0 Å². The van der Waals surface area contributed by atoms with E-state index >= 15 is 0 Å². The molecule has 1 N–H and O–H groups in total. The van der Waals surface area contributed by atoms with Crippen molar-refractivity contribution in [2.24, 2.45) is 5.16 Å². The lowest BCUT2D eigenvalue weighted by Gasteiger charge is -1.90. The van der Waals surface area contributed by atoms with Gasteiger partial charge in [0.05, 0.1) is 0 Å². The first-order chi connectivity index (χ1) is 2.91. The fraction of sp³-hybridized carbons (Fsp3) is 0.667. The van der Waals surface area contributed by atoms with E-state index in [4.69, 9.17) is 0 Å². The van der Waals surface area contributed by atoms with Gasteiger partial charge in [-0.25, -0.2) is 0 Å². The first kappa shape index (κ1) is 5.43. The van der Waals surface area contributed by atoms with Gasteiger partial charge in [-0.05, 0) is 6.92 Å². The molecule has 0 aliphatic rings. The molecule has 0 heterocycles. The van der Waals surface area contributed by atoms with Crippen LogP contribution in [0, 0.1) is 0 Å². The van der Waals surface area contributed by atoms with E-state index in [0.717, 1.165) is 6.54 Å². The van der Waals surface area contributed by atoms with Crippen LogP contribution in [0.4, 0.5) is 0 Å². The summed E-state index contributed by atoms with van der Waals surface area (Å²) in [5.74, 6) is 0. The third kappa shape index (κ3) is 3.43. The number of nitrogens with zero attached hydrogens (tertiary/aromatic N) is 1. The molecule has 0 unspecified atom stereocenters. The average Bonchev–Trinajstić information content (AvgIpc) is 1.61. The Hall–Kier alpha value is -0.570. The second-order valence-corrected chi connectivity index (χ2v) is 0.718. The minimum atomic E-state index is 0.749. The first-order valence-electron chi connectivity index (χ1n) is 1.76. The van der Waals surface area contributed by atoms with Crippen LogP contribution in [-0.2, 0) is 4.94 Å². The predicted molar refractivity (Wildman–Crippen MR) is 24.3 cm³/mol. The molecule has 0 aliphatic heterocycles. The zero-order chi connectivity index (χ0) is 4.83. The van der Waals surface area contributed by atoms with Crippen LogP contribution in [0.25, 0.3) is 0 Å². The Labute approximate surface area is 36.9 Å². The van der Waals surface area contributed by atoms with Crippen LogP contribution in [0.2, 0.25) is 0 Å². The van der Waals surface area contributed by atoms with E-state index < -0.39 is 0 Å². The molecule has 0 rings (SSSR count). The van der Waals surface area contributed by atoms with Crippen LogP contribution in [-0.4, -0.2) is 13.3 Å². The van der Waals surface area contributed by atoms with Crippen molar-refractivity contribution >= 4 is 6.72 Å². The largest absolute Gasteiger partial charge is 0.300 e. The fourth-order valence-electron chi connectivity index (χ4n) is 0.110. The number of hydroxylamine groups is 1. The normalized spacial score (nSPS) is 7.50. The maximum absolute atomic E-state index is 4.25. The minimum Gasteiger partial charge on any atom is -0.300 e. The molecule has 0 atom stereocenters. The highest BCUT2D eigenvalue weighted by molar-refractivity contribution is 5.21. The summed E-state index contributed by atoms with van der Waals surface area (Å²) in [5, 5.41) is 3.06. The number of hydrogen-bond acceptors (Lipinski definition) is 3. The summed E-state index contributed by atoms with van der Waals surface area (Å²) >= 11 is 0. The summed E-state index contributed by atoms with van der Waals surface area (Å²) < 4.78 is 0. The number of oxime groups is 1. The van der Waals surface area contributed by atoms with Gasteiger partial charge in [0.2, 0.25) is 0 Å². The average molecular weight is 88.1 g/mol. The van der Waals surface area contributed by atoms with Gasteiger partial charge in [-0.15, -0.1) is 5.48 Å². The van der Waals surface area contributed by atoms with Crippen molar-refractivity contribution in [1.82, 2.24) is 5.48 Å². The van der Waals surface area contributed by atoms with Crippen LogP contribution in [0.3, 0.4) is 0 Å². The molecule has 0 fully saturated rings. The van der Waals surface area contributed by atoms with Crippen LogP contribution >= 0.6 is 0 Å². The molecule has 3 nitrogen and oxygen atoms in total. The molecule has 0 amide bonds. The number of nitrogens with one attached hydrogen (secondary N) is 1. The Bertz CT molecular complexity index is 37.8. The maximum Gasteiger partial charge on any atom is 0.0325 e. The minimum absolute atomic E-state index is 0.749. The maximum atomic E-state index is 4.25. The van der Waals surface area contributed by atoms with E-state index in [2.05, 4.69) is 22.3 Å². The number of rotatable bonds is 3. The highest BCUT2D eigenvalue weighted by Gasteiger charge is 1.65. The van der Waals surface area contributed by atoms with Gasteiger partial charge in [0.15, 0.2) is 0 Å². The number of hydrogen-bond donors (Lipinski definition) is 1. The van der Waals surface area contributed by atoms with Gasteiger partial charge in [0.25, 0.3) is 0 Å². The van der Waals surface area contributed by atoms with Gasteiger partial charge in [0, 0.05) is 13.3 Å². The van der Waals surface area contributed by atoms with Gasteiger partial charge in [-0.2, -0.15) is 0 Å². The van der Waals surface area contributed by atoms with Crippen LogP contribution in [0.5, 0.6) is 0 Å². The summed E-state index contributed by atoms with van der Waals surface area (Å²) in [4.78, 5) is 4.25. The lowest BCUT2D eigenvalue weighted by Crippen LogP contribution is -2.08. The summed E-state index contributed by atoms with van der Waals surface area (Å²) in [6.07, 6.45) is 0. The summed E-state index contributed by atoms with van der Waals surface area (Å²) in [7, 11) is 0. The molecular formula is C3H8N2O. The molecule has 0 aromatic carbocycles. The molecule has 0 aliphatic carbocycles.